The number of morpholine rings is 1. The Morgan fingerprint density at radius 3 is 2.81 bits per heavy atom. The van der Waals surface area contributed by atoms with Crippen LogP contribution in [0, 0.1) is 0 Å². The molecule has 2 heterocycles. The van der Waals surface area contributed by atoms with Crippen molar-refractivity contribution in [3.05, 3.63) is 0 Å². The quantitative estimate of drug-likeness (QED) is 0.648. The molecule has 2 aliphatic rings. The van der Waals surface area contributed by atoms with Crippen molar-refractivity contribution in [2.24, 2.45) is 5.73 Å². The van der Waals surface area contributed by atoms with Gasteiger partial charge in [-0.2, -0.15) is 0 Å². The molecule has 0 radical (unpaired) electrons. The van der Waals surface area contributed by atoms with E-state index in [9.17, 15) is 4.79 Å². The van der Waals surface area contributed by atoms with Crippen molar-refractivity contribution in [3.8, 4) is 0 Å². The minimum absolute atomic E-state index is 0. The number of carbonyl (C=O) groups excluding carboxylic acids is 1. The van der Waals surface area contributed by atoms with Crippen LogP contribution in [0.3, 0.4) is 0 Å². The fourth-order valence-corrected chi connectivity index (χ4v) is 2.18. The average molecular weight is 250 g/mol. The summed E-state index contributed by atoms with van der Waals surface area (Å²) in [6.45, 7) is 4.84. The average Bonchev–Trinajstić information content (AvgIpc) is 2.60. The number of halogens is 1. The number of rotatable bonds is 1. The lowest BCUT2D eigenvalue weighted by molar-refractivity contribution is -0.145. The van der Waals surface area contributed by atoms with Gasteiger partial charge in [-0.3, -0.25) is 4.79 Å². The maximum Gasteiger partial charge on any atom is 0.253 e. The third kappa shape index (κ3) is 2.66. The first kappa shape index (κ1) is 13.7. The van der Waals surface area contributed by atoms with Gasteiger partial charge in [0.2, 0.25) is 0 Å². The molecule has 0 aromatic rings. The summed E-state index contributed by atoms with van der Waals surface area (Å²) < 4.78 is 5.44. The highest BCUT2D eigenvalue weighted by molar-refractivity contribution is 5.85. The van der Waals surface area contributed by atoms with Gasteiger partial charge in [0.1, 0.15) is 6.10 Å². The molecule has 94 valence electrons. The molecule has 0 aromatic heterocycles. The molecule has 0 aliphatic carbocycles. The second kappa shape index (κ2) is 5.82. The Balaban J connectivity index is 0.00000128. The van der Waals surface area contributed by atoms with Crippen LogP contribution in [-0.2, 0) is 9.53 Å². The lowest BCUT2D eigenvalue weighted by Crippen LogP contribution is -2.51. The molecule has 2 rings (SSSR count). The van der Waals surface area contributed by atoms with Gasteiger partial charge in [-0.05, 0) is 13.3 Å². The number of ether oxygens (including phenoxy) is 1. The number of nitrogens with two attached hydrogens (primary N) is 1. The summed E-state index contributed by atoms with van der Waals surface area (Å²) >= 11 is 0. The van der Waals surface area contributed by atoms with E-state index in [1.807, 2.05) is 11.8 Å². The maximum absolute atomic E-state index is 12.1. The summed E-state index contributed by atoms with van der Waals surface area (Å²) in [4.78, 5) is 13.9. The van der Waals surface area contributed by atoms with Crippen molar-refractivity contribution >= 4 is 18.3 Å². The van der Waals surface area contributed by atoms with Gasteiger partial charge in [0.05, 0.1) is 6.61 Å². The van der Waals surface area contributed by atoms with E-state index in [1.165, 1.54) is 0 Å². The van der Waals surface area contributed by atoms with Crippen molar-refractivity contribution in [2.75, 3.05) is 26.2 Å². The van der Waals surface area contributed by atoms with Gasteiger partial charge in [-0.15, -0.1) is 12.4 Å². The van der Waals surface area contributed by atoms with Gasteiger partial charge in [-0.1, -0.05) is 0 Å². The van der Waals surface area contributed by atoms with Crippen LogP contribution in [0.25, 0.3) is 0 Å². The SMILES string of the molecule is CC1C(N)CCN1C(=O)C1CNCCO1.Cl. The molecule has 16 heavy (non-hydrogen) atoms. The Morgan fingerprint density at radius 1 is 1.56 bits per heavy atom. The molecule has 2 fully saturated rings. The third-order valence-corrected chi connectivity index (χ3v) is 3.30. The molecule has 3 atom stereocenters. The van der Waals surface area contributed by atoms with Gasteiger partial charge in [0.15, 0.2) is 0 Å². The minimum atomic E-state index is -0.313. The highest BCUT2D eigenvalue weighted by atomic mass is 35.5. The fourth-order valence-electron chi connectivity index (χ4n) is 2.18. The Bertz CT molecular complexity index is 246. The van der Waals surface area contributed by atoms with Gasteiger partial charge in [-0.25, -0.2) is 0 Å². The second-order valence-corrected chi connectivity index (χ2v) is 4.29. The summed E-state index contributed by atoms with van der Waals surface area (Å²) in [7, 11) is 0. The molecular formula is C10H20ClN3O2. The number of hydrogen-bond acceptors (Lipinski definition) is 4. The van der Waals surface area contributed by atoms with Crippen molar-refractivity contribution < 1.29 is 9.53 Å². The molecule has 2 aliphatic heterocycles. The van der Waals surface area contributed by atoms with E-state index in [-0.39, 0.29) is 36.5 Å². The van der Waals surface area contributed by atoms with Gasteiger partial charge in [0.25, 0.3) is 5.91 Å². The highest BCUT2D eigenvalue weighted by Gasteiger charge is 2.35. The van der Waals surface area contributed by atoms with Gasteiger partial charge >= 0.3 is 0 Å². The van der Waals surface area contributed by atoms with Crippen LogP contribution < -0.4 is 11.1 Å². The predicted octanol–water partition coefficient (Wildman–Crippen LogP) is -0.655. The van der Waals surface area contributed by atoms with Crippen LogP contribution in [-0.4, -0.2) is 55.2 Å². The van der Waals surface area contributed by atoms with Crippen molar-refractivity contribution in [2.45, 2.75) is 31.5 Å². The Kier molecular flexibility index (Phi) is 4.98. The van der Waals surface area contributed by atoms with E-state index < -0.39 is 0 Å². The zero-order chi connectivity index (χ0) is 10.8. The molecule has 0 aromatic carbocycles. The summed E-state index contributed by atoms with van der Waals surface area (Å²) in [5, 5.41) is 3.16. The second-order valence-electron chi connectivity index (χ2n) is 4.29. The standard InChI is InChI=1S/C10H19N3O2.ClH/c1-7-8(11)2-4-13(7)10(14)9-6-12-3-5-15-9;/h7-9,12H,2-6,11H2,1H3;1H. The zero-order valence-electron chi connectivity index (χ0n) is 9.52. The first-order chi connectivity index (χ1) is 7.20. The summed E-state index contributed by atoms with van der Waals surface area (Å²) in [5.41, 5.74) is 5.89. The number of nitrogens with zero attached hydrogens (tertiary/aromatic N) is 1. The van der Waals surface area contributed by atoms with Gasteiger partial charge < -0.3 is 20.7 Å². The van der Waals surface area contributed by atoms with Crippen LogP contribution in [0.2, 0.25) is 0 Å². The van der Waals surface area contributed by atoms with Gasteiger partial charge in [0, 0.05) is 31.7 Å². The van der Waals surface area contributed by atoms with E-state index in [4.69, 9.17) is 10.5 Å². The van der Waals surface area contributed by atoms with E-state index in [2.05, 4.69) is 5.32 Å². The predicted molar refractivity (Wildman–Crippen MR) is 63.6 cm³/mol. The largest absolute Gasteiger partial charge is 0.366 e. The molecule has 0 bridgehead atoms. The van der Waals surface area contributed by atoms with Crippen molar-refractivity contribution in [1.29, 1.82) is 0 Å². The van der Waals surface area contributed by atoms with Crippen LogP contribution in [0.5, 0.6) is 0 Å². The maximum atomic E-state index is 12.1. The molecule has 2 saturated heterocycles. The molecule has 3 N–H and O–H groups in total. The smallest absolute Gasteiger partial charge is 0.253 e. The first-order valence-corrected chi connectivity index (χ1v) is 5.58. The van der Waals surface area contributed by atoms with Crippen LogP contribution >= 0.6 is 12.4 Å². The summed E-state index contributed by atoms with van der Waals surface area (Å²) in [6, 6.07) is 0.258. The van der Waals surface area contributed by atoms with Crippen molar-refractivity contribution in [1.82, 2.24) is 10.2 Å². The normalized spacial score (nSPS) is 34.6. The molecular weight excluding hydrogens is 230 g/mol. The van der Waals surface area contributed by atoms with Crippen LogP contribution in [0.1, 0.15) is 13.3 Å². The van der Waals surface area contributed by atoms with Crippen LogP contribution in [0.4, 0.5) is 0 Å². The molecule has 1 amide bonds. The third-order valence-electron chi connectivity index (χ3n) is 3.30. The van der Waals surface area contributed by atoms with E-state index in [0.717, 1.165) is 19.5 Å². The first-order valence-electron chi connectivity index (χ1n) is 5.58. The minimum Gasteiger partial charge on any atom is -0.366 e. The molecule has 0 saturated carbocycles. The monoisotopic (exact) mass is 249 g/mol. The number of amides is 1. The number of hydrogen-bond donors (Lipinski definition) is 2. The number of likely N-dealkylation sites (tertiary alicyclic amines) is 1. The van der Waals surface area contributed by atoms with E-state index >= 15 is 0 Å². The Morgan fingerprint density at radius 2 is 2.31 bits per heavy atom. The lowest BCUT2D eigenvalue weighted by atomic mass is 10.1. The Labute approximate surface area is 102 Å². The highest BCUT2D eigenvalue weighted by Crippen LogP contribution is 2.17. The number of nitrogens with one attached hydrogen (secondary N) is 1. The topological polar surface area (TPSA) is 67.6 Å². The van der Waals surface area contributed by atoms with Crippen LogP contribution in [0.15, 0.2) is 0 Å². The molecule has 5 nitrogen and oxygen atoms in total. The Hall–Kier alpha value is -0.360. The molecule has 3 unspecified atom stereocenters. The lowest BCUT2D eigenvalue weighted by Gasteiger charge is -2.30. The molecule has 6 heteroatoms. The number of carbonyl (C=O) groups is 1. The summed E-state index contributed by atoms with van der Waals surface area (Å²) in [6.07, 6.45) is 0.582. The summed E-state index contributed by atoms with van der Waals surface area (Å²) in [5.74, 6) is 0.0858. The van der Waals surface area contributed by atoms with Crippen molar-refractivity contribution in [3.63, 3.8) is 0 Å². The fraction of sp³-hybridized carbons (Fsp3) is 0.900. The molecule has 0 spiro atoms. The zero-order valence-corrected chi connectivity index (χ0v) is 10.3. The van der Waals surface area contributed by atoms with E-state index in [1.54, 1.807) is 0 Å². The van der Waals surface area contributed by atoms with E-state index in [0.29, 0.717) is 13.2 Å².